The summed E-state index contributed by atoms with van der Waals surface area (Å²) in [5, 5.41) is 4.63. The molecule has 1 unspecified atom stereocenters. The summed E-state index contributed by atoms with van der Waals surface area (Å²) in [5.41, 5.74) is 9.67. The number of benzene rings is 2. The van der Waals surface area contributed by atoms with Crippen LogP contribution in [-0.2, 0) is 22.6 Å². The third-order valence-electron chi connectivity index (χ3n) is 6.22. The molecule has 180 valence electrons. The number of ether oxygens (including phenoxy) is 1. The van der Waals surface area contributed by atoms with Crippen LogP contribution in [0.1, 0.15) is 41.5 Å². The van der Waals surface area contributed by atoms with Gasteiger partial charge in [0.05, 0.1) is 29.9 Å². The average molecular weight is 505 g/mol. The summed E-state index contributed by atoms with van der Waals surface area (Å²) in [5.74, 6) is 1.02. The van der Waals surface area contributed by atoms with Gasteiger partial charge in [-0.05, 0) is 22.6 Å². The normalized spacial score (nSPS) is 15.5. The van der Waals surface area contributed by atoms with Crippen molar-refractivity contribution >= 4 is 45.0 Å². The molecular weight excluding hydrogens is 476 g/mol. The van der Waals surface area contributed by atoms with Crippen LogP contribution >= 0.6 is 23.1 Å². The molecule has 4 aromatic rings. The molecule has 0 saturated carbocycles. The van der Waals surface area contributed by atoms with Crippen LogP contribution in [0, 0.1) is 5.92 Å². The Morgan fingerprint density at radius 2 is 1.77 bits per heavy atom. The lowest BCUT2D eigenvalue weighted by Gasteiger charge is -2.26. The molecule has 6 nitrogen and oxygen atoms in total. The van der Waals surface area contributed by atoms with Crippen molar-refractivity contribution in [2.75, 3.05) is 11.5 Å². The molecule has 5 rings (SSSR count). The van der Waals surface area contributed by atoms with Crippen LogP contribution in [0.15, 0.2) is 65.8 Å². The molecule has 1 aliphatic rings. The molecule has 35 heavy (non-hydrogen) atoms. The molecule has 2 aromatic heterocycles. The van der Waals surface area contributed by atoms with E-state index in [1.54, 1.807) is 11.3 Å². The fraction of sp³-hybridized carbons (Fsp3) is 0.296. The molecule has 0 bridgehead atoms. The summed E-state index contributed by atoms with van der Waals surface area (Å²) < 4.78 is 6.02. The molecule has 2 aromatic carbocycles. The van der Waals surface area contributed by atoms with Crippen molar-refractivity contribution in [3.05, 3.63) is 82.2 Å². The van der Waals surface area contributed by atoms with Gasteiger partial charge in [-0.2, -0.15) is 0 Å². The molecule has 0 fully saturated rings. The standard InChI is InChI=1S/C27H28N4O2S2/c1-16(2)20-13-19-21(14-33-20)35-26-23(19)25(28)30-27(31-26)34-15-22(32)29-24(17-9-5-3-6-10-17)18-11-7-4-8-12-18/h3-12,16,20,24H,13-15H2,1-2H3,(H,29,32)(H2,28,30,31). The lowest BCUT2D eigenvalue weighted by molar-refractivity contribution is -0.119. The fourth-order valence-electron chi connectivity index (χ4n) is 4.36. The smallest absolute Gasteiger partial charge is 0.231 e. The summed E-state index contributed by atoms with van der Waals surface area (Å²) in [7, 11) is 0. The van der Waals surface area contributed by atoms with E-state index in [0.29, 0.717) is 23.5 Å². The molecular formula is C27H28N4O2S2. The minimum atomic E-state index is -0.225. The first-order valence-corrected chi connectivity index (χ1v) is 13.5. The van der Waals surface area contributed by atoms with Crippen molar-refractivity contribution in [1.29, 1.82) is 0 Å². The number of carbonyl (C=O) groups is 1. The maximum Gasteiger partial charge on any atom is 0.231 e. The van der Waals surface area contributed by atoms with E-state index in [9.17, 15) is 4.79 Å². The molecule has 1 aliphatic heterocycles. The summed E-state index contributed by atoms with van der Waals surface area (Å²) in [6.07, 6.45) is 1.01. The molecule has 0 aliphatic carbocycles. The zero-order chi connectivity index (χ0) is 24.4. The molecule has 3 N–H and O–H groups in total. The number of nitrogens with two attached hydrogens (primary N) is 1. The van der Waals surface area contributed by atoms with Crippen LogP contribution in [0.3, 0.4) is 0 Å². The first-order chi connectivity index (χ1) is 17.0. The largest absolute Gasteiger partial charge is 0.383 e. The second-order valence-electron chi connectivity index (χ2n) is 8.98. The SMILES string of the molecule is CC(C)C1Cc2c(sc3nc(SCC(=O)NC(c4ccccc4)c4ccccc4)nc(N)c23)CO1. The topological polar surface area (TPSA) is 90.1 Å². The maximum absolute atomic E-state index is 12.9. The van der Waals surface area contributed by atoms with Gasteiger partial charge in [0.25, 0.3) is 0 Å². The Balaban J connectivity index is 1.31. The number of rotatable bonds is 7. The zero-order valence-electron chi connectivity index (χ0n) is 19.7. The lowest BCUT2D eigenvalue weighted by Crippen LogP contribution is -2.30. The molecule has 0 saturated heterocycles. The van der Waals surface area contributed by atoms with Gasteiger partial charge in [-0.1, -0.05) is 86.3 Å². The number of fused-ring (bicyclic) bond motifs is 3. The summed E-state index contributed by atoms with van der Waals surface area (Å²) >= 11 is 2.91. The number of nitrogens with one attached hydrogen (secondary N) is 1. The quantitative estimate of drug-likeness (QED) is 0.260. The van der Waals surface area contributed by atoms with E-state index in [1.165, 1.54) is 22.2 Å². The van der Waals surface area contributed by atoms with Gasteiger partial charge in [0, 0.05) is 11.3 Å². The Hall–Kier alpha value is -2.94. The Morgan fingerprint density at radius 3 is 2.40 bits per heavy atom. The van der Waals surface area contributed by atoms with E-state index < -0.39 is 0 Å². The number of hydrogen-bond donors (Lipinski definition) is 2. The predicted molar refractivity (Wildman–Crippen MR) is 143 cm³/mol. The van der Waals surface area contributed by atoms with Crippen molar-refractivity contribution in [2.45, 2.75) is 44.2 Å². The number of nitrogen functional groups attached to an aromatic ring is 1. The van der Waals surface area contributed by atoms with E-state index in [2.05, 4.69) is 24.1 Å². The van der Waals surface area contributed by atoms with E-state index in [1.807, 2.05) is 60.7 Å². The van der Waals surface area contributed by atoms with E-state index in [0.717, 1.165) is 27.8 Å². The summed E-state index contributed by atoms with van der Waals surface area (Å²) in [4.78, 5) is 24.3. The Morgan fingerprint density at radius 1 is 1.11 bits per heavy atom. The highest BCUT2D eigenvalue weighted by molar-refractivity contribution is 7.99. The molecule has 1 atom stereocenters. The molecule has 1 amide bonds. The van der Waals surface area contributed by atoms with Crippen molar-refractivity contribution in [3.8, 4) is 0 Å². The van der Waals surface area contributed by atoms with Crippen molar-refractivity contribution in [3.63, 3.8) is 0 Å². The first-order valence-electron chi connectivity index (χ1n) is 11.7. The third kappa shape index (κ3) is 5.19. The average Bonchev–Trinajstić information content (AvgIpc) is 3.25. The minimum absolute atomic E-state index is 0.0892. The van der Waals surface area contributed by atoms with Crippen LogP contribution in [0.25, 0.3) is 10.2 Å². The fourth-order valence-corrected chi connectivity index (χ4v) is 6.21. The predicted octanol–water partition coefficient (Wildman–Crippen LogP) is 5.37. The van der Waals surface area contributed by atoms with E-state index in [4.69, 9.17) is 15.5 Å². The van der Waals surface area contributed by atoms with Crippen molar-refractivity contribution in [1.82, 2.24) is 15.3 Å². The Bertz CT molecular complexity index is 1290. The number of anilines is 1. The van der Waals surface area contributed by atoms with Crippen molar-refractivity contribution in [2.24, 2.45) is 5.92 Å². The molecule has 3 heterocycles. The van der Waals surface area contributed by atoms with E-state index >= 15 is 0 Å². The monoisotopic (exact) mass is 504 g/mol. The van der Waals surface area contributed by atoms with Gasteiger partial charge >= 0.3 is 0 Å². The van der Waals surface area contributed by atoms with Crippen LogP contribution < -0.4 is 11.1 Å². The number of aromatic nitrogens is 2. The number of amides is 1. The summed E-state index contributed by atoms with van der Waals surface area (Å²) in [6.45, 7) is 4.93. The minimum Gasteiger partial charge on any atom is -0.383 e. The number of thiophene rings is 1. The third-order valence-corrected chi connectivity index (χ3v) is 8.17. The molecule has 0 radical (unpaired) electrons. The Labute approximate surface area is 213 Å². The van der Waals surface area contributed by atoms with Gasteiger partial charge in [-0.3, -0.25) is 4.79 Å². The van der Waals surface area contributed by atoms with Gasteiger partial charge in [0.1, 0.15) is 10.6 Å². The van der Waals surface area contributed by atoms with Gasteiger partial charge in [-0.25, -0.2) is 9.97 Å². The van der Waals surface area contributed by atoms with Crippen LogP contribution in [0.4, 0.5) is 5.82 Å². The maximum atomic E-state index is 12.9. The van der Waals surface area contributed by atoms with Gasteiger partial charge < -0.3 is 15.8 Å². The van der Waals surface area contributed by atoms with Crippen LogP contribution in [0.2, 0.25) is 0 Å². The van der Waals surface area contributed by atoms with Gasteiger partial charge in [0.2, 0.25) is 5.91 Å². The highest BCUT2D eigenvalue weighted by atomic mass is 32.2. The number of hydrogen-bond acceptors (Lipinski definition) is 7. The second-order valence-corrected chi connectivity index (χ2v) is 11.0. The number of nitrogens with zero attached hydrogens (tertiary/aromatic N) is 2. The number of thioether (sulfide) groups is 1. The highest BCUT2D eigenvalue weighted by Gasteiger charge is 2.27. The van der Waals surface area contributed by atoms with Crippen LogP contribution in [-0.4, -0.2) is 27.7 Å². The zero-order valence-corrected chi connectivity index (χ0v) is 21.4. The lowest BCUT2D eigenvalue weighted by atomic mass is 9.96. The molecule has 0 spiro atoms. The van der Waals surface area contributed by atoms with Crippen molar-refractivity contribution < 1.29 is 9.53 Å². The van der Waals surface area contributed by atoms with Gasteiger partial charge in [-0.15, -0.1) is 11.3 Å². The molecule has 8 heteroatoms. The van der Waals surface area contributed by atoms with Gasteiger partial charge in [0.15, 0.2) is 5.16 Å². The number of carbonyl (C=O) groups excluding carboxylic acids is 1. The Kier molecular flexibility index (Phi) is 7.04. The summed E-state index contributed by atoms with van der Waals surface area (Å²) in [6, 6.07) is 19.7. The second kappa shape index (κ2) is 10.4. The highest BCUT2D eigenvalue weighted by Crippen LogP contribution is 2.39. The first kappa shape index (κ1) is 23.8. The van der Waals surface area contributed by atoms with E-state index in [-0.39, 0.29) is 23.8 Å². The van der Waals surface area contributed by atoms with Crippen LogP contribution in [0.5, 0.6) is 0 Å².